The third-order valence-electron chi connectivity index (χ3n) is 2.78. The summed E-state index contributed by atoms with van der Waals surface area (Å²) >= 11 is 0. The second-order valence-corrected chi connectivity index (χ2v) is 3.88. The van der Waals surface area contributed by atoms with E-state index in [9.17, 15) is 0 Å². The second kappa shape index (κ2) is 6.23. The summed E-state index contributed by atoms with van der Waals surface area (Å²) in [6, 6.07) is 10.6. The monoisotopic (exact) mass is 200 g/mol. The zero-order chi connectivity index (χ0) is 11.1. The Kier molecular flexibility index (Phi) is 4.89. The largest absolute Gasteiger partial charge is 0.0845 e. The molecule has 0 radical (unpaired) electrons. The number of allylic oxidation sites excluding steroid dienone is 4. The molecule has 0 fully saturated rings. The van der Waals surface area contributed by atoms with Gasteiger partial charge in [-0.3, -0.25) is 0 Å². The molecule has 80 valence electrons. The van der Waals surface area contributed by atoms with Crippen LogP contribution in [0.2, 0.25) is 0 Å². The van der Waals surface area contributed by atoms with Gasteiger partial charge < -0.3 is 0 Å². The van der Waals surface area contributed by atoms with E-state index in [1.54, 1.807) is 0 Å². The van der Waals surface area contributed by atoms with Gasteiger partial charge in [0.15, 0.2) is 0 Å². The van der Waals surface area contributed by atoms with E-state index in [0.29, 0.717) is 0 Å². The molecule has 1 aromatic rings. The zero-order valence-electron chi connectivity index (χ0n) is 9.96. The maximum atomic E-state index is 2.32. The van der Waals surface area contributed by atoms with Crippen molar-refractivity contribution in [3.8, 4) is 0 Å². The molecule has 0 saturated carbocycles. The molecule has 1 aromatic carbocycles. The minimum atomic E-state index is 1.13. The van der Waals surface area contributed by atoms with Crippen molar-refractivity contribution in [3.05, 3.63) is 59.2 Å². The quantitative estimate of drug-likeness (QED) is 0.626. The fourth-order valence-electron chi connectivity index (χ4n) is 1.49. The molecule has 0 aliphatic heterocycles. The van der Waals surface area contributed by atoms with Gasteiger partial charge in [-0.2, -0.15) is 0 Å². The average Bonchev–Trinajstić information content (AvgIpc) is 2.29. The van der Waals surface area contributed by atoms with E-state index in [0.717, 1.165) is 12.8 Å². The van der Waals surface area contributed by atoms with E-state index in [2.05, 4.69) is 63.3 Å². The molecule has 0 nitrogen and oxygen atoms in total. The van der Waals surface area contributed by atoms with Crippen molar-refractivity contribution in [1.82, 2.24) is 0 Å². The summed E-state index contributed by atoms with van der Waals surface area (Å²) in [5.41, 5.74) is 4.19. The number of hydrogen-bond donors (Lipinski definition) is 0. The van der Waals surface area contributed by atoms with Crippen molar-refractivity contribution >= 4 is 0 Å². The molecule has 0 bridgehead atoms. The fraction of sp³-hybridized carbons (Fsp3) is 0.333. The molecular formula is C15H20. The topological polar surface area (TPSA) is 0 Å². The molecule has 0 heterocycles. The Hall–Kier alpha value is -1.30. The Morgan fingerprint density at radius 1 is 1.07 bits per heavy atom. The molecule has 0 aromatic heterocycles. The van der Waals surface area contributed by atoms with Gasteiger partial charge in [0.2, 0.25) is 0 Å². The van der Waals surface area contributed by atoms with E-state index in [1.807, 2.05) is 0 Å². The molecule has 0 aliphatic carbocycles. The van der Waals surface area contributed by atoms with Crippen LogP contribution in [-0.2, 0) is 6.42 Å². The highest BCUT2D eigenvalue weighted by atomic mass is 14.0. The summed E-state index contributed by atoms with van der Waals surface area (Å²) in [6.07, 6.45) is 6.74. The van der Waals surface area contributed by atoms with E-state index in [-0.39, 0.29) is 0 Å². The molecule has 0 amide bonds. The lowest BCUT2D eigenvalue weighted by Crippen LogP contribution is -1.84. The highest BCUT2D eigenvalue weighted by Crippen LogP contribution is 2.10. The molecule has 1 rings (SSSR count). The van der Waals surface area contributed by atoms with Crippen LogP contribution < -0.4 is 0 Å². The minimum absolute atomic E-state index is 1.13. The predicted molar refractivity (Wildman–Crippen MR) is 68.0 cm³/mol. The molecule has 0 atom stereocenters. The van der Waals surface area contributed by atoms with Crippen LogP contribution in [0.4, 0.5) is 0 Å². The van der Waals surface area contributed by atoms with Gasteiger partial charge in [-0.25, -0.2) is 0 Å². The predicted octanol–water partition coefficient (Wildman–Crippen LogP) is 4.53. The zero-order valence-corrected chi connectivity index (χ0v) is 9.96. The third kappa shape index (κ3) is 4.16. The Bertz CT molecular complexity index is 342. The Morgan fingerprint density at radius 2 is 1.73 bits per heavy atom. The highest BCUT2D eigenvalue weighted by molar-refractivity contribution is 5.26. The van der Waals surface area contributed by atoms with E-state index < -0.39 is 0 Å². The van der Waals surface area contributed by atoms with Crippen molar-refractivity contribution < 1.29 is 0 Å². The van der Waals surface area contributed by atoms with Gasteiger partial charge in [0.05, 0.1) is 0 Å². The van der Waals surface area contributed by atoms with Crippen LogP contribution in [0.5, 0.6) is 0 Å². The van der Waals surface area contributed by atoms with Crippen molar-refractivity contribution in [3.63, 3.8) is 0 Å². The maximum Gasteiger partial charge on any atom is -0.0244 e. The number of benzene rings is 1. The first-order valence-electron chi connectivity index (χ1n) is 5.58. The Morgan fingerprint density at radius 3 is 2.33 bits per heavy atom. The van der Waals surface area contributed by atoms with Gasteiger partial charge in [0.1, 0.15) is 0 Å². The second-order valence-electron chi connectivity index (χ2n) is 3.88. The van der Waals surface area contributed by atoms with Gasteiger partial charge in [-0.1, -0.05) is 53.6 Å². The SMILES string of the molecule is C/C=C(C)\C(C)=C/CCc1ccccc1. The number of aryl methyl sites for hydroxylation is 1. The summed E-state index contributed by atoms with van der Waals surface area (Å²) in [6.45, 7) is 6.43. The molecule has 0 spiro atoms. The van der Waals surface area contributed by atoms with Crippen LogP contribution in [0.15, 0.2) is 53.6 Å². The van der Waals surface area contributed by atoms with Crippen LogP contribution in [0.25, 0.3) is 0 Å². The first-order valence-corrected chi connectivity index (χ1v) is 5.58. The van der Waals surface area contributed by atoms with Crippen molar-refractivity contribution in [2.75, 3.05) is 0 Å². The summed E-state index contributed by atoms with van der Waals surface area (Å²) in [4.78, 5) is 0. The van der Waals surface area contributed by atoms with Gasteiger partial charge in [-0.05, 0) is 39.2 Å². The number of hydrogen-bond acceptors (Lipinski definition) is 0. The standard InChI is InChI=1S/C15H20/c1-4-13(2)14(3)9-8-12-15-10-6-5-7-11-15/h4-7,9-11H,8,12H2,1-3H3/b13-4-,14-9-. The molecule has 0 heteroatoms. The Labute approximate surface area is 93.3 Å². The molecule has 0 N–H and O–H groups in total. The normalized spacial score (nSPS) is 13.0. The first kappa shape index (κ1) is 11.8. The van der Waals surface area contributed by atoms with E-state index >= 15 is 0 Å². The minimum Gasteiger partial charge on any atom is -0.0845 e. The summed E-state index contributed by atoms with van der Waals surface area (Å²) in [7, 11) is 0. The average molecular weight is 200 g/mol. The first-order chi connectivity index (χ1) is 7.24. The van der Waals surface area contributed by atoms with Crippen LogP contribution >= 0.6 is 0 Å². The van der Waals surface area contributed by atoms with Gasteiger partial charge in [0.25, 0.3) is 0 Å². The summed E-state index contributed by atoms with van der Waals surface area (Å²) in [5, 5.41) is 0. The smallest absolute Gasteiger partial charge is 0.0244 e. The van der Waals surface area contributed by atoms with Crippen molar-refractivity contribution in [2.24, 2.45) is 0 Å². The molecule has 0 aliphatic rings. The molecule has 0 unspecified atom stereocenters. The summed E-state index contributed by atoms with van der Waals surface area (Å²) in [5.74, 6) is 0. The van der Waals surface area contributed by atoms with E-state index in [1.165, 1.54) is 16.7 Å². The van der Waals surface area contributed by atoms with Crippen molar-refractivity contribution in [1.29, 1.82) is 0 Å². The van der Waals surface area contributed by atoms with Crippen LogP contribution in [0, 0.1) is 0 Å². The van der Waals surface area contributed by atoms with Gasteiger partial charge in [-0.15, -0.1) is 0 Å². The molecule has 15 heavy (non-hydrogen) atoms. The van der Waals surface area contributed by atoms with E-state index in [4.69, 9.17) is 0 Å². The maximum absolute atomic E-state index is 2.32. The Balaban J connectivity index is 2.46. The molecular weight excluding hydrogens is 180 g/mol. The van der Waals surface area contributed by atoms with Gasteiger partial charge in [0, 0.05) is 0 Å². The van der Waals surface area contributed by atoms with Crippen molar-refractivity contribution in [2.45, 2.75) is 33.6 Å². The lowest BCUT2D eigenvalue weighted by atomic mass is 10.1. The van der Waals surface area contributed by atoms with Gasteiger partial charge >= 0.3 is 0 Å². The third-order valence-corrected chi connectivity index (χ3v) is 2.78. The number of rotatable bonds is 4. The summed E-state index contributed by atoms with van der Waals surface area (Å²) < 4.78 is 0. The lowest BCUT2D eigenvalue weighted by Gasteiger charge is -2.01. The van der Waals surface area contributed by atoms with Crippen LogP contribution in [0.1, 0.15) is 32.8 Å². The van der Waals surface area contributed by atoms with Crippen LogP contribution in [0.3, 0.4) is 0 Å². The van der Waals surface area contributed by atoms with Crippen LogP contribution in [-0.4, -0.2) is 0 Å². The molecule has 0 saturated heterocycles. The fourth-order valence-corrected chi connectivity index (χ4v) is 1.49. The lowest BCUT2D eigenvalue weighted by molar-refractivity contribution is 0.989. The highest BCUT2D eigenvalue weighted by Gasteiger charge is 1.92.